The van der Waals surface area contributed by atoms with Gasteiger partial charge in [-0.25, -0.2) is 0 Å². The molecule has 0 radical (unpaired) electrons. The van der Waals surface area contributed by atoms with E-state index < -0.39 is 0 Å². The minimum atomic E-state index is -0.122. The summed E-state index contributed by atoms with van der Waals surface area (Å²) in [6.45, 7) is 8.34. The van der Waals surface area contributed by atoms with Gasteiger partial charge in [-0.3, -0.25) is 9.80 Å². The van der Waals surface area contributed by atoms with E-state index in [-0.39, 0.29) is 17.6 Å². The number of H-pyrrole nitrogens is 1. The molecule has 3 rings (SSSR count). The van der Waals surface area contributed by atoms with E-state index in [2.05, 4.69) is 43.0 Å². The van der Waals surface area contributed by atoms with E-state index in [1.54, 1.807) is 0 Å². The first kappa shape index (κ1) is 17.9. The van der Waals surface area contributed by atoms with Gasteiger partial charge in [-0.2, -0.15) is 0 Å². The van der Waals surface area contributed by atoms with Crippen molar-refractivity contribution in [1.29, 1.82) is 0 Å². The highest BCUT2D eigenvalue weighted by atomic mass is 16.1. The highest BCUT2D eigenvalue weighted by molar-refractivity contribution is 5.97. The molecule has 0 atom stereocenters. The fourth-order valence-corrected chi connectivity index (χ4v) is 3.08. The van der Waals surface area contributed by atoms with Crippen LogP contribution in [0.3, 0.4) is 0 Å². The van der Waals surface area contributed by atoms with E-state index >= 15 is 0 Å². The van der Waals surface area contributed by atoms with Gasteiger partial charge in [-0.05, 0) is 33.8 Å². The zero-order valence-corrected chi connectivity index (χ0v) is 15.6. The van der Waals surface area contributed by atoms with Crippen molar-refractivity contribution in [2.75, 3.05) is 0 Å². The molecule has 0 fully saturated rings. The molecular formula is C21H24N4O. The highest BCUT2D eigenvalue weighted by Crippen LogP contribution is 2.34. The van der Waals surface area contributed by atoms with Gasteiger partial charge in [0.2, 0.25) is 0 Å². The maximum absolute atomic E-state index is 12.5. The number of hydrogen-bond acceptors (Lipinski definition) is 3. The fourth-order valence-electron chi connectivity index (χ4n) is 3.08. The molecule has 1 N–H and O–H groups in total. The van der Waals surface area contributed by atoms with Crippen LogP contribution in [-0.2, 0) is 0 Å². The van der Waals surface area contributed by atoms with Gasteiger partial charge in [0.15, 0.2) is 0 Å². The van der Waals surface area contributed by atoms with E-state index in [4.69, 9.17) is 0 Å². The molecule has 0 aliphatic heterocycles. The van der Waals surface area contributed by atoms with Crippen molar-refractivity contribution >= 4 is 16.5 Å². The molecule has 0 unspecified atom stereocenters. The molecule has 26 heavy (non-hydrogen) atoms. The molecule has 0 bridgehead atoms. The fraction of sp³-hybridized carbons (Fsp3) is 0.286. The van der Waals surface area contributed by atoms with Gasteiger partial charge in [0.05, 0.1) is 5.69 Å². The third-order valence-electron chi connectivity index (χ3n) is 4.27. The summed E-state index contributed by atoms with van der Waals surface area (Å²) < 4.78 is 0. The smallest absolute Gasteiger partial charge is 0.256 e. The van der Waals surface area contributed by atoms with Crippen LogP contribution in [0.2, 0.25) is 0 Å². The lowest BCUT2D eigenvalue weighted by Crippen LogP contribution is -2.31. The van der Waals surface area contributed by atoms with Crippen LogP contribution in [0.25, 0.3) is 22.0 Å². The van der Waals surface area contributed by atoms with E-state index in [1.165, 1.54) is 0 Å². The van der Waals surface area contributed by atoms with Crippen molar-refractivity contribution in [2.24, 2.45) is 10.3 Å². The van der Waals surface area contributed by atoms with Crippen molar-refractivity contribution < 1.29 is 0 Å². The number of aromatic nitrogens is 1. The normalized spacial score (nSPS) is 11.8. The Kier molecular flexibility index (Phi) is 5.16. The molecular weight excluding hydrogens is 324 g/mol. The SMILES string of the molecule is CC(C)N(N=Nc1c(-c2ccccc2)[nH]c(=O)c2ccccc12)C(C)C. The van der Waals surface area contributed by atoms with Crippen LogP contribution >= 0.6 is 0 Å². The second-order valence-electron chi connectivity index (χ2n) is 6.85. The van der Waals surface area contributed by atoms with Gasteiger partial charge in [0.25, 0.3) is 5.56 Å². The van der Waals surface area contributed by atoms with Gasteiger partial charge < -0.3 is 4.98 Å². The van der Waals surface area contributed by atoms with E-state index in [1.807, 2.05) is 59.6 Å². The summed E-state index contributed by atoms with van der Waals surface area (Å²) in [5, 5.41) is 12.4. The Labute approximate surface area is 153 Å². The molecule has 0 saturated heterocycles. The van der Waals surface area contributed by atoms with Crippen molar-refractivity contribution in [1.82, 2.24) is 9.99 Å². The summed E-state index contributed by atoms with van der Waals surface area (Å²) in [4.78, 5) is 15.5. The Morgan fingerprint density at radius 3 is 2.04 bits per heavy atom. The van der Waals surface area contributed by atoms with Crippen LogP contribution in [0, 0.1) is 0 Å². The summed E-state index contributed by atoms with van der Waals surface area (Å²) in [6.07, 6.45) is 0. The zero-order chi connectivity index (χ0) is 18.7. The van der Waals surface area contributed by atoms with Crippen LogP contribution in [0.15, 0.2) is 69.7 Å². The summed E-state index contributed by atoms with van der Waals surface area (Å²) in [7, 11) is 0. The average molecular weight is 348 g/mol. The first-order chi connectivity index (χ1) is 12.5. The molecule has 0 saturated carbocycles. The number of benzene rings is 2. The topological polar surface area (TPSA) is 60.8 Å². The first-order valence-corrected chi connectivity index (χ1v) is 8.89. The average Bonchev–Trinajstić information content (AvgIpc) is 2.63. The second-order valence-corrected chi connectivity index (χ2v) is 6.85. The first-order valence-electron chi connectivity index (χ1n) is 8.89. The molecule has 1 aromatic heterocycles. The van der Waals surface area contributed by atoms with Gasteiger partial charge in [-0.1, -0.05) is 53.8 Å². The third kappa shape index (κ3) is 3.52. The maximum Gasteiger partial charge on any atom is 0.256 e. The van der Waals surface area contributed by atoms with Crippen LogP contribution < -0.4 is 5.56 Å². The molecule has 0 aliphatic rings. The van der Waals surface area contributed by atoms with Gasteiger partial charge in [0.1, 0.15) is 5.69 Å². The minimum absolute atomic E-state index is 0.122. The quantitative estimate of drug-likeness (QED) is 0.501. The largest absolute Gasteiger partial charge is 0.319 e. The summed E-state index contributed by atoms with van der Waals surface area (Å²) in [5.74, 6) is 0. The number of pyridine rings is 1. The summed E-state index contributed by atoms with van der Waals surface area (Å²) >= 11 is 0. The number of nitrogens with one attached hydrogen (secondary N) is 1. The summed E-state index contributed by atoms with van der Waals surface area (Å²) in [6, 6.07) is 17.7. The number of fused-ring (bicyclic) bond motifs is 1. The molecule has 0 aliphatic carbocycles. The Bertz CT molecular complexity index is 966. The highest BCUT2D eigenvalue weighted by Gasteiger charge is 2.15. The van der Waals surface area contributed by atoms with E-state index in [0.29, 0.717) is 16.8 Å². The van der Waals surface area contributed by atoms with Gasteiger partial charge in [-0.15, -0.1) is 5.11 Å². The number of hydrogen-bond donors (Lipinski definition) is 1. The number of nitrogens with zero attached hydrogens (tertiary/aromatic N) is 3. The third-order valence-corrected chi connectivity index (χ3v) is 4.27. The molecule has 1 heterocycles. The second kappa shape index (κ2) is 7.52. The number of aromatic amines is 1. The Hall–Kier alpha value is -2.95. The van der Waals surface area contributed by atoms with E-state index in [0.717, 1.165) is 10.9 Å². The predicted molar refractivity (Wildman–Crippen MR) is 107 cm³/mol. The van der Waals surface area contributed by atoms with Crippen molar-refractivity contribution in [3.63, 3.8) is 0 Å². The van der Waals surface area contributed by atoms with Crippen molar-refractivity contribution in [3.05, 3.63) is 65.0 Å². The molecule has 0 spiro atoms. The Balaban J connectivity index is 2.25. The van der Waals surface area contributed by atoms with Crippen LogP contribution in [0.1, 0.15) is 27.7 Å². The van der Waals surface area contributed by atoms with Crippen LogP contribution in [0.5, 0.6) is 0 Å². The van der Waals surface area contributed by atoms with E-state index in [9.17, 15) is 4.79 Å². The summed E-state index contributed by atoms with van der Waals surface area (Å²) in [5.41, 5.74) is 2.15. The van der Waals surface area contributed by atoms with Crippen molar-refractivity contribution in [2.45, 2.75) is 39.8 Å². The zero-order valence-electron chi connectivity index (χ0n) is 15.6. The lowest BCUT2D eigenvalue weighted by molar-refractivity contribution is 0.170. The molecule has 2 aromatic carbocycles. The minimum Gasteiger partial charge on any atom is -0.319 e. The molecule has 5 heteroatoms. The van der Waals surface area contributed by atoms with Crippen LogP contribution in [0.4, 0.5) is 5.69 Å². The standard InChI is InChI=1S/C21H24N4O/c1-14(2)25(15(3)4)24-23-20-17-12-8-9-13-18(17)21(26)22-19(20)16-10-6-5-7-11-16/h5-15H,1-4H3,(H,22,26). The van der Waals surface area contributed by atoms with Crippen LogP contribution in [-0.4, -0.2) is 22.1 Å². The lowest BCUT2D eigenvalue weighted by Gasteiger charge is -2.25. The van der Waals surface area contributed by atoms with Gasteiger partial charge >= 0.3 is 0 Å². The molecule has 134 valence electrons. The van der Waals surface area contributed by atoms with Crippen molar-refractivity contribution in [3.8, 4) is 11.3 Å². The predicted octanol–water partition coefficient (Wildman–Crippen LogP) is 5.31. The Morgan fingerprint density at radius 1 is 0.846 bits per heavy atom. The maximum atomic E-state index is 12.5. The molecule has 0 amide bonds. The van der Waals surface area contributed by atoms with Gasteiger partial charge in [0, 0.05) is 28.4 Å². The molecule has 5 nitrogen and oxygen atoms in total. The molecule has 3 aromatic rings. The Morgan fingerprint density at radius 2 is 1.42 bits per heavy atom. The number of rotatable bonds is 5. The lowest BCUT2D eigenvalue weighted by atomic mass is 10.0. The monoisotopic (exact) mass is 348 g/mol.